The lowest BCUT2D eigenvalue weighted by atomic mass is 10.1. The number of hydrogen-bond donors (Lipinski definition) is 2. The van der Waals surface area contributed by atoms with Crippen molar-refractivity contribution in [3.05, 3.63) is 52.6 Å². The van der Waals surface area contributed by atoms with Gasteiger partial charge in [-0.3, -0.25) is 4.79 Å². The molecule has 3 rings (SSSR count). The summed E-state index contributed by atoms with van der Waals surface area (Å²) in [5, 5.41) is 6.18. The van der Waals surface area contributed by atoms with E-state index < -0.39 is 0 Å². The van der Waals surface area contributed by atoms with Gasteiger partial charge in [-0.25, -0.2) is 4.98 Å². The lowest BCUT2D eigenvalue weighted by Gasteiger charge is -2.08. The van der Waals surface area contributed by atoms with Crippen LogP contribution in [0.25, 0.3) is 0 Å². The molecule has 108 valence electrons. The molecule has 0 atom stereocenters. The fourth-order valence-electron chi connectivity index (χ4n) is 2.01. The van der Waals surface area contributed by atoms with E-state index in [1.807, 2.05) is 36.4 Å². The number of carbonyl (C=O) groups is 1. The van der Waals surface area contributed by atoms with E-state index in [4.69, 9.17) is 0 Å². The summed E-state index contributed by atoms with van der Waals surface area (Å²) in [5.41, 5.74) is 1.68. The van der Waals surface area contributed by atoms with Gasteiger partial charge in [-0.1, -0.05) is 34.1 Å². The van der Waals surface area contributed by atoms with E-state index in [2.05, 4.69) is 31.5 Å². The SMILES string of the molecule is O=C(Cc1ccccc1Br)Nc1ccc(NC2CC2)nc1. The number of nitrogens with zero attached hydrogens (tertiary/aromatic N) is 1. The normalized spacial score (nSPS) is 13.8. The minimum absolute atomic E-state index is 0.0494. The van der Waals surface area contributed by atoms with Crippen LogP contribution in [-0.4, -0.2) is 16.9 Å². The van der Waals surface area contributed by atoms with Crippen LogP contribution in [0.5, 0.6) is 0 Å². The molecule has 4 nitrogen and oxygen atoms in total. The van der Waals surface area contributed by atoms with Crippen LogP contribution in [0, 0.1) is 0 Å². The summed E-state index contributed by atoms with van der Waals surface area (Å²) in [6.45, 7) is 0. The monoisotopic (exact) mass is 345 g/mol. The Kier molecular flexibility index (Phi) is 4.20. The van der Waals surface area contributed by atoms with Gasteiger partial charge < -0.3 is 10.6 Å². The minimum atomic E-state index is -0.0494. The number of nitrogens with one attached hydrogen (secondary N) is 2. The summed E-state index contributed by atoms with van der Waals surface area (Å²) < 4.78 is 0.947. The molecule has 21 heavy (non-hydrogen) atoms. The first-order valence-electron chi connectivity index (χ1n) is 6.96. The molecular formula is C16H16BrN3O. The van der Waals surface area contributed by atoms with Crippen molar-refractivity contribution in [2.24, 2.45) is 0 Å². The average Bonchev–Trinajstić information content (AvgIpc) is 3.28. The van der Waals surface area contributed by atoms with Crippen molar-refractivity contribution in [1.82, 2.24) is 4.98 Å². The zero-order valence-corrected chi connectivity index (χ0v) is 13.1. The topological polar surface area (TPSA) is 54.0 Å². The Hall–Kier alpha value is -1.88. The summed E-state index contributed by atoms with van der Waals surface area (Å²) in [5.74, 6) is 0.813. The molecule has 1 amide bonds. The number of pyridine rings is 1. The number of hydrogen-bond acceptors (Lipinski definition) is 3. The van der Waals surface area contributed by atoms with E-state index in [0.717, 1.165) is 15.9 Å². The third-order valence-electron chi connectivity index (χ3n) is 3.29. The van der Waals surface area contributed by atoms with E-state index in [1.54, 1.807) is 6.20 Å². The predicted molar refractivity (Wildman–Crippen MR) is 87.4 cm³/mol. The maximum atomic E-state index is 12.0. The first-order chi connectivity index (χ1) is 10.2. The smallest absolute Gasteiger partial charge is 0.228 e. The molecule has 1 aromatic heterocycles. The second-order valence-corrected chi connectivity index (χ2v) is 6.02. The summed E-state index contributed by atoms with van der Waals surface area (Å²) in [6.07, 6.45) is 4.45. The fraction of sp³-hybridized carbons (Fsp3) is 0.250. The van der Waals surface area contributed by atoms with Crippen molar-refractivity contribution < 1.29 is 4.79 Å². The van der Waals surface area contributed by atoms with Crippen molar-refractivity contribution >= 4 is 33.3 Å². The molecule has 5 heteroatoms. The van der Waals surface area contributed by atoms with Crippen LogP contribution in [0.4, 0.5) is 11.5 Å². The first kappa shape index (κ1) is 14.1. The number of benzene rings is 1. The number of amides is 1. The molecule has 0 unspecified atom stereocenters. The van der Waals surface area contributed by atoms with E-state index in [1.165, 1.54) is 12.8 Å². The van der Waals surface area contributed by atoms with Gasteiger partial charge in [0.1, 0.15) is 5.82 Å². The molecule has 1 aromatic carbocycles. The quantitative estimate of drug-likeness (QED) is 0.870. The van der Waals surface area contributed by atoms with Crippen LogP contribution >= 0.6 is 15.9 Å². The average molecular weight is 346 g/mol. The minimum Gasteiger partial charge on any atom is -0.367 e. The molecule has 0 bridgehead atoms. The molecule has 1 heterocycles. The number of anilines is 2. The van der Waals surface area contributed by atoms with E-state index in [-0.39, 0.29) is 5.91 Å². The Morgan fingerprint density at radius 3 is 2.71 bits per heavy atom. The van der Waals surface area contributed by atoms with Crippen LogP contribution < -0.4 is 10.6 Å². The van der Waals surface area contributed by atoms with E-state index in [0.29, 0.717) is 18.2 Å². The van der Waals surface area contributed by atoms with Crippen LogP contribution in [0.15, 0.2) is 47.1 Å². The Morgan fingerprint density at radius 2 is 2.05 bits per heavy atom. The summed E-state index contributed by atoms with van der Waals surface area (Å²) in [7, 11) is 0. The third-order valence-corrected chi connectivity index (χ3v) is 4.06. The van der Waals surface area contributed by atoms with Gasteiger partial charge in [0, 0.05) is 10.5 Å². The van der Waals surface area contributed by atoms with Crippen molar-refractivity contribution in [3.63, 3.8) is 0 Å². The van der Waals surface area contributed by atoms with Gasteiger partial charge in [0.2, 0.25) is 5.91 Å². The largest absolute Gasteiger partial charge is 0.367 e. The van der Waals surface area contributed by atoms with Gasteiger partial charge in [-0.15, -0.1) is 0 Å². The molecule has 2 aromatic rings. The highest BCUT2D eigenvalue weighted by Gasteiger charge is 2.21. The van der Waals surface area contributed by atoms with Crippen LogP contribution in [-0.2, 0) is 11.2 Å². The maximum absolute atomic E-state index is 12.0. The van der Waals surface area contributed by atoms with Gasteiger partial charge in [0.25, 0.3) is 0 Å². The maximum Gasteiger partial charge on any atom is 0.228 e. The first-order valence-corrected chi connectivity index (χ1v) is 7.76. The predicted octanol–water partition coefficient (Wildman–Crippen LogP) is 3.60. The van der Waals surface area contributed by atoms with Gasteiger partial charge in [-0.05, 0) is 36.6 Å². The highest BCUT2D eigenvalue weighted by atomic mass is 79.9. The van der Waals surface area contributed by atoms with Gasteiger partial charge in [-0.2, -0.15) is 0 Å². The lowest BCUT2D eigenvalue weighted by molar-refractivity contribution is -0.115. The van der Waals surface area contributed by atoms with Crippen LogP contribution in [0.3, 0.4) is 0 Å². The summed E-state index contributed by atoms with van der Waals surface area (Å²) in [6, 6.07) is 12.1. The molecular weight excluding hydrogens is 330 g/mol. The van der Waals surface area contributed by atoms with Gasteiger partial charge in [0.05, 0.1) is 18.3 Å². The number of aromatic nitrogens is 1. The van der Waals surface area contributed by atoms with Crippen molar-refractivity contribution in [2.75, 3.05) is 10.6 Å². The number of rotatable bonds is 5. The second kappa shape index (κ2) is 6.26. The highest BCUT2D eigenvalue weighted by molar-refractivity contribution is 9.10. The molecule has 0 aliphatic heterocycles. The Labute approximate surface area is 132 Å². The molecule has 1 fully saturated rings. The van der Waals surface area contributed by atoms with E-state index >= 15 is 0 Å². The molecule has 0 saturated heterocycles. The highest BCUT2D eigenvalue weighted by Crippen LogP contribution is 2.24. The van der Waals surface area contributed by atoms with Crippen LogP contribution in [0.2, 0.25) is 0 Å². The fourth-order valence-corrected chi connectivity index (χ4v) is 2.43. The molecule has 0 spiro atoms. The standard InChI is InChI=1S/C16H16BrN3O/c17-14-4-2-1-3-11(14)9-16(21)20-13-7-8-15(18-10-13)19-12-5-6-12/h1-4,7-8,10,12H,5-6,9H2,(H,18,19)(H,20,21). The van der Waals surface area contributed by atoms with E-state index in [9.17, 15) is 4.79 Å². The zero-order valence-electron chi connectivity index (χ0n) is 11.5. The molecule has 1 saturated carbocycles. The summed E-state index contributed by atoms with van der Waals surface area (Å²) in [4.78, 5) is 16.3. The Bertz CT molecular complexity index is 638. The number of carbonyl (C=O) groups excluding carboxylic acids is 1. The van der Waals surface area contributed by atoms with Crippen molar-refractivity contribution in [3.8, 4) is 0 Å². The summed E-state index contributed by atoms with van der Waals surface area (Å²) >= 11 is 3.45. The molecule has 2 N–H and O–H groups in total. The molecule has 0 radical (unpaired) electrons. The van der Waals surface area contributed by atoms with Gasteiger partial charge >= 0.3 is 0 Å². The second-order valence-electron chi connectivity index (χ2n) is 5.17. The lowest BCUT2D eigenvalue weighted by Crippen LogP contribution is -2.15. The van der Waals surface area contributed by atoms with Crippen molar-refractivity contribution in [2.45, 2.75) is 25.3 Å². The Balaban J connectivity index is 1.57. The third kappa shape index (κ3) is 4.04. The molecule has 1 aliphatic carbocycles. The zero-order chi connectivity index (χ0) is 14.7. The van der Waals surface area contributed by atoms with Crippen LogP contribution in [0.1, 0.15) is 18.4 Å². The number of halogens is 1. The molecule has 1 aliphatic rings. The van der Waals surface area contributed by atoms with Crippen molar-refractivity contribution in [1.29, 1.82) is 0 Å². The Morgan fingerprint density at radius 1 is 1.24 bits per heavy atom. The van der Waals surface area contributed by atoms with Gasteiger partial charge in [0.15, 0.2) is 0 Å².